The normalized spacial score (nSPS) is 22.9. The van der Waals surface area contributed by atoms with Crippen LogP contribution in [0.1, 0.15) is 54.1 Å². The molecule has 2 unspecified atom stereocenters. The molecule has 7 heteroatoms. The summed E-state index contributed by atoms with van der Waals surface area (Å²) in [4.78, 5) is 19.0. The lowest BCUT2D eigenvalue weighted by atomic mass is 9.95. The Bertz CT molecular complexity index is 893. The van der Waals surface area contributed by atoms with Gasteiger partial charge in [0, 0.05) is 48.9 Å². The molecule has 2 aliphatic rings. The molecule has 0 N–H and O–H groups in total. The number of likely N-dealkylation sites (tertiary alicyclic amines) is 1. The molecular formula is C25H35N3O3S. The highest BCUT2D eigenvalue weighted by atomic mass is 32.2. The number of thioether (sulfide) groups is 1. The van der Waals surface area contributed by atoms with Crippen molar-refractivity contribution in [2.45, 2.75) is 63.4 Å². The van der Waals surface area contributed by atoms with Crippen LogP contribution in [0.15, 0.2) is 33.7 Å². The Morgan fingerprint density at radius 1 is 1.12 bits per heavy atom. The van der Waals surface area contributed by atoms with Gasteiger partial charge in [-0.3, -0.25) is 9.69 Å². The Kier molecular flexibility index (Phi) is 7.59. The standard InChI is InChI=1S/C25H35N3O3S/c1-17-13-27(14-18(2)30-17)15-21-9-11-28(12-10-21)25(29)22-7-5-6-8-24(22)32-16-23-19(3)26-31-20(23)4/h5-8,17-18,21H,9-16H2,1-4H3. The molecule has 0 aliphatic carbocycles. The molecule has 1 amide bonds. The van der Waals surface area contributed by atoms with E-state index in [0.717, 1.165) is 78.8 Å². The fourth-order valence-electron chi connectivity index (χ4n) is 4.91. The van der Waals surface area contributed by atoms with E-state index in [-0.39, 0.29) is 5.91 Å². The first-order valence-electron chi connectivity index (χ1n) is 11.7. The number of piperidine rings is 1. The number of nitrogens with zero attached hydrogens (tertiary/aromatic N) is 3. The number of rotatable bonds is 6. The van der Waals surface area contributed by atoms with Crippen molar-refractivity contribution in [3.63, 3.8) is 0 Å². The molecule has 0 spiro atoms. The van der Waals surface area contributed by atoms with Gasteiger partial charge in [-0.25, -0.2) is 0 Å². The predicted molar refractivity (Wildman–Crippen MR) is 127 cm³/mol. The van der Waals surface area contributed by atoms with E-state index in [1.54, 1.807) is 11.8 Å². The van der Waals surface area contributed by atoms with Crippen LogP contribution < -0.4 is 0 Å². The lowest BCUT2D eigenvalue weighted by Gasteiger charge is -2.39. The summed E-state index contributed by atoms with van der Waals surface area (Å²) in [6.07, 6.45) is 2.75. The summed E-state index contributed by atoms with van der Waals surface area (Å²) in [5, 5.41) is 4.04. The van der Waals surface area contributed by atoms with Crippen molar-refractivity contribution in [2.75, 3.05) is 32.7 Å². The van der Waals surface area contributed by atoms with E-state index in [1.807, 2.05) is 43.0 Å². The van der Waals surface area contributed by atoms with Gasteiger partial charge >= 0.3 is 0 Å². The molecule has 1 aromatic heterocycles. The third kappa shape index (κ3) is 5.56. The average Bonchev–Trinajstić information content (AvgIpc) is 3.09. The third-order valence-corrected chi connectivity index (χ3v) is 7.68. The largest absolute Gasteiger partial charge is 0.373 e. The van der Waals surface area contributed by atoms with Gasteiger partial charge in [-0.1, -0.05) is 17.3 Å². The lowest BCUT2D eigenvalue weighted by molar-refractivity contribution is -0.0728. The van der Waals surface area contributed by atoms with Crippen LogP contribution in [0, 0.1) is 19.8 Å². The van der Waals surface area contributed by atoms with Gasteiger partial charge in [0.1, 0.15) is 5.76 Å². The molecule has 2 atom stereocenters. The minimum Gasteiger partial charge on any atom is -0.373 e. The number of aromatic nitrogens is 1. The number of aryl methyl sites for hydroxylation is 2. The zero-order chi connectivity index (χ0) is 22.7. The van der Waals surface area contributed by atoms with Crippen molar-refractivity contribution < 1.29 is 14.1 Å². The number of hydrogen-bond donors (Lipinski definition) is 0. The maximum atomic E-state index is 13.4. The van der Waals surface area contributed by atoms with Crippen LogP contribution in [-0.4, -0.2) is 65.8 Å². The SMILES string of the molecule is Cc1noc(C)c1CSc1ccccc1C(=O)N1CCC(CN2CC(C)OC(C)C2)CC1. The number of hydrogen-bond acceptors (Lipinski definition) is 6. The molecule has 0 saturated carbocycles. The van der Waals surface area contributed by atoms with Gasteiger partial charge in [0.15, 0.2) is 0 Å². The van der Waals surface area contributed by atoms with Gasteiger partial charge < -0.3 is 14.2 Å². The van der Waals surface area contributed by atoms with Crippen molar-refractivity contribution >= 4 is 17.7 Å². The van der Waals surface area contributed by atoms with Gasteiger partial charge in [-0.05, 0) is 58.6 Å². The highest BCUT2D eigenvalue weighted by molar-refractivity contribution is 7.98. The van der Waals surface area contributed by atoms with Crippen LogP contribution in [0.4, 0.5) is 0 Å². The van der Waals surface area contributed by atoms with Crippen LogP contribution in [0.3, 0.4) is 0 Å². The maximum absolute atomic E-state index is 13.4. The number of morpholine rings is 1. The zero-order valence-corrected chi connectivity index (χ0v) is 20.5. The zero-order valence-electron chi connectivity index (χ0n) is 19.7. The van der Waals surface area contributed by atoms with Gasteiger partial charge in [0.05, 0.1) is 23.5 Å². The summed E-state index contributed by atoms with van der Waals surface area (Å²) in [5.41, 5.74) is 2.84. The van der Waals surface area contributed by atoms with E-state index < -0.39 is 0 Å². The summed E-state index contributed by atoms with van der Waals surface area (Å²) >= 11 is 1.68. The predicted octanol–water partition coefficient (Wildman–Crippen LogP) is 4.55. The summed E-state index contributed by atoms with van der Waals surface area (Å²) < 4.78 is 11.1. The average molecular weight is 458 g/mol. The summed E-state index contributed by atoms with van der Waals surface area (Å²) in [7, 11) is 0. The van der Waals surface area contributed by atoms with Crippen LogP contribution in [0.25, 0.3) is 0 Å². The molecule has 174 valence electrons. The Morgan fingerprint density at radius 2 is 1.81 bits per heavy atom. The monoisotopic (exact) mass is 457 g/mol. The fourth-order valence-corrected chi connectivity index (χ4v) is 6.11. The molecular weight excluding hydrogens is 422 g/mol. The van der Waals surface area contributed by atoms with E-state index in [9.17, 15) is 4.79 Å². The number of benzene rings is 1. The Morgan fingerprint density at radius 3 is 2.47 bits per heavy atom. The first kappa shape index (κ1) is 23.3. The molecule has 32 heavy (non-hydrogen) atoms. The van der Waals surface area contributed by atoms with E-state index in [2.05, 4.69) is 23.9 Å². The van der Waals surface area contributed by atoms with Crippen LogP contribution in [-0.2, 0) is 10.5 Å². The second kappa shape index (κ2) is 10.4. The number of carbonyl (C=O) groups is 1. The highest BCUT2D eigenvalue weighted by Crippen LogP contribution is 2.30. The molecule has 4 rings (SSSR count). The number of ether oxygens (including phenoxy) is 1. The van der Waals surface area contributed by atoms with E-state index in [4.69, 9.17) is 9.26 Å². The fraction of sp³-hybridized carbons (Fsp3) is 0.600. The lowest BCUT2D eigenvalue weighted by Crippen LogP contribution is -2.48. The molecule has 0 radical (unpaired) electrons. The van der Waals surface area contributed by atoms with Gasteiger partial charge in [-0.15, -0.1) is 11.8 Å². The smallest absolute Gasteiger partial charge is 0.254 e. The van der Waals surface area contributed by atoms with Crippen LogP contribution in [0.2, 0.25) is 0 Å². The van der Waals surface area contributed by atoms with E-state index in [1.165, 1.54) is 0 Å². The number of carbonyl (C=O) groups excluding carboxylic acids is 1. The van der Waals surface area contributed by atoms with E-state index in [0.29, 0.717) is 18.1 Å². The van der Waals surface area contributed by atoms with Crippen molar-refractivity contribution in [3.8, 4) is 0 Å². The topological polar surface area (TPSA) is 58.8 Å². The Hall–Kier alpha value is -1.83. The molecule has 0 bridgehead atoms. The van der Waals surface area contributed by atoms with Crippen LogP contribution in [0.5, 0.6) is 0 Å². The Labute approximate surface area is 195 Å². The van der Waals surface area contributed by atoms with Crippen molar-refractivity contribution in [1.82, 2.24) is 15.0 Å². The molecule has 2 aromatic rings. The van der Waals surface area contributed by atoms with Gasteiger partial charge in [-0.2, -0.15) is 0 Å². The third-order valence-electron chi connectivity index (χ3n) is 6.58. The quantitative estimate of drug-likeness (QED) is 0.594. The molecule has 2 saturated heterocycles. The molecule has 2 aliphatic heterocycles. The van der Waals surface area contributed by atoms with Gasteiger partial charge in [0.25, 0.3) is 5.91 Å². The first-order chi connectivity index (χ1) is 15.4. The second-order valence-electron chi connectivity index (χ2n) is 9.30. The number of amides is 1. The Balaban J connectivity index is 1.33. The first-order valence-corrected chi connectivity index (χ1v) is 12.7. The van der Waals surface area contributed by atoms with Gasteiger partial charge in [0.2, 0.25) is 0 Å². The van der Waals surface area contributed by atoms with Crippen molar-refractivity contribution in [2.24, 2.45) is 5.92 Å². The minimum atomic E-state index is 0.152. The van der Waals surface area contributed by atoms with Crippen molar-refractivity contribution in [1.29, 1.82) is 0 Å². The summed E-state index contributed by atoms with van der Waals surface area (Å²) in [6, 6.07) is 7.97. The molecule has 2 fully saturated rings. The minimum absolute atomic E-state index is 0.152. The van der Waals surface area contributed by atoms with E-state index >= 15 is 0 Å². The maximum Gasteiger partial charge on any atom is 0.254 e. The second-order valence-corrected chi connectivity index (χ2v) is 10.3. The molecule has 3 heterocycles. The summed E-state index contributed by atoms with van der Waals surface area (Å²) in [5.74, 6) is 2.41. The van der Waals surface area contributed by atoms with Crippen LogP contribution >= 0.6 is 11.8 Å². The molecule has 6 nitrogen and oxygen atoms in total. The molecule has 1 aromatic carbocycles. The summed E-state index contributed by atoms with van der Waals surface area (Å²) in [6.45, 7) is 13.0. The highest BCUT2D eigenvalue weighted by Gasteiger charge is 2.29. The van der Waals surface area contributed by atoms with Crippen molar-refractivity contribution in [3.05, 3.63) is 46.8 Å².